The zero-order chi connectivity index (χ0) is 30.0. The predicted octanol–water partition coefficient (Wildman–Crippen LogP) is 6.01. The SMILES string of the molecule is Cc1cc(Oc2ccccc2F)ccc1-n1ncc(C(=O)c2cc3cc(OF)c(NSNCC(C)(C)O)cc3[nH]2)c1N. The van der Waals surface area contributed by atoms with Crippen molar-refractivity contribution in [2.75, 3.05) is 17.0 Å². The lowest BCUT2D eigenvalue weighted by molar-refractivity contribution is -0.00504. The molecule has 0 aliphatic carbocycles. The van der Waals surface area contributed by atoms with Gasteiger partial charge in [0.25, 0.3) is 0 Å². The highest BCUT2D eigenvalue weighted by atomic mass is 32.2. The maximum Gasteiger partial charge on any atom is 0.214 e. The number of carbonyl (C=O) groups excluding carboxylic acids is 1. The summed E-state index contributed by atoms with van der Waals surface area (Å²) in [6.07, 6.45) is 1.38. The highest BCUT2D eigenvalue weighted by Gasteiger charge is 2.21. The number of hydrogen-bond acceptors (Lipinski definition) is 9. The van der Waals surface area contributed by atoms with Gasteiger partial charge in [-0.15, -0.1) is 0 Å². The molecule has 218 valence electrons. The Kier molecular flexibility index (Phi) is 8.07. The van der Waals surface area contributed by atoms with Crippen molar-refractivity contribution in [3.05, 3.63) is 89.5 Å². The molecule has 5 aromatic rings. The number of rotatable bonds is 11. The molecule has 10 nitrogen and oxygen atoms in total. The van der Waals surface area contributed by atoms with Gasteiger partial charge in [0.1, 0.15) is 11.6 Å². The van der Waals surface area contributed by atoms with Gasteiger partial charge in [0.2, 0.25) is 5.78 Å². The number of nitrogens with two attached hydrogens (primary N) is 1. The van der Waals surface area contributed by atoms with Gasteiger partial charge in [-0.3, -0.25) is 9.74 Å². The summed E-state index contributed by atoms with van der Waals surface area (Å²) in [4.78, 5) is 20.5. The van der Waals surface area contributed by atoms with E-state index < -0.39 is 17.2 Å². The Balaban J connectivity index is 1.36. The number of para-hydroxylation sites is 1. The van der Waals surface area contributed by atoms with Crippen molar-refractivity contribution in [2.24, 2.45) is 0 Å². The van der Waals surface area contributed by atoms with E-state index in [9.17, 15) is 18.8 Å². The molecule has 0 atom stereocenters. The molecule has 5 rings (SSSR count). The van der Waals surface area contributed by atoms with Crippen LogP contribution in [0.15, 0.2) is 66.9 Å². The van der Waals surface area contributed by atoms with Crippen LogP contribution in [-0.2, 0) is 0 Å². The van der Waals surface area contributed by atoms with Crippen LogP contribution in [0.4, 0.5) is 20.4 Å². The van der Waals surface area contributed by atoms with Crippen molar-refractivity contribution in [1.82, 2.24) is 19.5 Å². The van der Waals surface area contributed by atoms with E-state index in [0.29, 0.717) is 28.0 Å². The van der Waals surface area contributed by atoms with Gasteiger partial charge in [-0.1, -0.05) is 12.1 Å². The highest BCUT2D eigenvalue weighted by Crippen LogP contribution is 2.34. The number of fused-ring (bicyclic) bond motifs is 1. The molecule has 42 heavy (non-hydrogen) atoms. The number of ketones is 1. The smallest absolute Gasteiger partial charge is 0.214 e. The molecule has 0 amide bonds. The number of aromatic nitrogens is 3. The van der Waals surface area contributed by atoms with Crippen molar-refractivity contribution in [3.8, 4) is 22.9 Å². The summed E-state index contributed by atoms with van der Waals surface area (Å²) in [7, 11) is 0. The van der Waals surface area contributed by atoms with Crippen LogP contribution < -0.4 is 24.9 Å². The summed E-state index contributed by atoms with van der Waals surface area (Å²) in [5.74, 6) is -0.320. The van der Waals surface area contributed by atoms with Crippen LogP contribution in [0.3, 0.4) is 0 Å². The lowest BCUT2D eigenvalue weighted by Gasteiger charge is -2.17. The summed E-state index contributed by atoms with van der Waals surface area (Å²) < 4.78 is 40.2. The number of nitrogens with one attached hydrogen (secondary N) is 3. The minimum absolute atomic E-state index is 0.0803. The first-order valence-corrected chi connectivity index (χ1v) is 13.6. The van der Waals surface area contributed by atoms with E-state index in [1.54, 1.807) is 56.3 Å². The van der Waals surface area contributed by atoms with Gasteiger partial charge < -0.3 is 25.3 Å². The maximum absolute atomic E-state index is 14.0. The third kappa shape index (κ3) is 6.17. The molecule has 0 saturated carbocycles. The third-order valence-corrected chi connectivity index (χ3v) is 6.91. The van der Waals surface area contributed by atoms with Crippen LogP contribution in [0, 0.1) is 12.7 Å². The number of nitrogens with zero attached hydrogens (tertiary/aromatic N) is 2. The Morgan fingerprint density at radius 3 is 2.67 bits per heavy atom. The second-order valence-corrected chi connectivity index (χ2v) is 10.9. The number of ether oxygens (including phenoxy) is 1. The van der Waals surface area contributed by atoms with Crippen LogP contribution in [-0.4, -0.2) is 37.8 Å². The van der Waals surface area contributed by atoms with Crippen LogP contribution in [0.2, 0.25) is 0 Å². The minimum atomic E-state index is -0.929. The normalized spacial score (nSPS) is 11.6. The second-order valence-electron chi connectivity index (χ2n) is 10.2. The Morgan fingerprint density at radius 1 is 1.17 bits per heavy atom. The number of carbonyl (C=O) groups is 1. The molecule has 0 saturated heterocycles. The molecule has 6 N–H and O–H groups in total. The molecule has 0 radical (unpaired) electrons. The van der Waals surface area contributed by atoms with E-state index in [1.165, 1.54) is 29.1 Å². The van der Waals surface area contributed by atoms with Crippen LogP contribution in [0.25, 0.3) is 16.6 Å². The molecular formula is C29H28F2N6O4S. The average molecular weight is 595 g/mol. The zero-order valence-corrected chi connectivity index (χ0v) is 23.7. The van der Waals surface area contributed by atoms with Crippen molar-refractivity contribution >= 4 is 40.3 Å². The van der Waals surface area contributed by atoms with Crippen LogP contribution >= 0.6 is 12.1 Å². The summed E-state index contributed by atoms with van der Waals surface area (Å²) in [5, 5.41) is 14.7. The standard InChI is InChI=1S/C29H28F2N6O4S/c1-16-10-18(40-25-7-5-4-6-20(25)30)8-9-24(16)37-28(32)19(14-33-37)27(38)23-11-17-12-26(41-31)22(13-21(17)35-23)36-42-34-15-29(2,3)39/h4-14,34-36,39H,15,32H2,1-3H3. The van der Waals surface area contributed by atoms with Gasteiger partial charge in [-0.2, -0.15) is 5.10 Å². The second kappa shape index (κ2) is 11.7. The van der Waals surface area contributed by atoms with E-state index in [4.69, 9.17) is 10.5 Å². The fraction of sp³-hybridized carbons (Fsp3) is 0.172. The van der Waals surface area contributed by atoms with Crippen molar-refractivity contribution < 1.29 is 28.5 Å². The topological polar surface area (TPSA) is 139 Å². The first kappa shape index (κ1) is 28.9. The molecule has 0 fully saturated rings. The van der Waals surface area contributed by atoms with Crippen molar-refractivity contribution in [1.29, 1.82) is 0 Å². The number of benzene rings is 3. The Morgan fingerprint density at radius 2 is 1.95 bits per heavy atom. The number of aliphatic hydroxyl groups is 1. The summed E-state index contributed by atoms with van der Waals surface area (Å²) in [6.45, 7) is 5.40. The van der Waals surface area contributed by atoms with E-state index >= 15 is 0 Å². The summed E-state index contributed by atoms with van der Waals surface area (Å²) in [5.41, 5.74) is 8.03. The maximum atomic E-state index is 14.0. The first-order valence-electron chi connectivity index (χ1n) is 12.8. The molecule has 13 heteroatoms. The third-order valence-electron chi connectivity index (χ3n) is 6.30. The number of nitrogen functional groups attached to an aromatic ring is 1. The quantitative estimate of drug-likeness (QED) is 0.0707. The molecule has 0 aliphatic heterocycles. The highest BCUT2D eigenvalue weighted by molar-refractivity contribution is 7.98. The number of aromatic amines is 1. The van der Waals surface area contributed by atoms with Crippen LogP contribution in [0.1, 0.15) is 35.5 Å². The molecule has 2 heterocycles. The molecular weight excluding hydrogens is 566 g/mol. The summed E-state index contributed by atoms with van der Waals surface area (Å²) >= 11 is 1.05. The first-order chi connectivity index (χ1) is 20.0. The van der Waals surface area contributed by atoms with E-state index in [2.05, 4.69) is 24.5 Å². The Labute approximate surface area is 244 Å². The molecule has 0 aliphatic rings. The Bertz CT molecular complexity index is 1770. The fourth-order valence-corrected chi connectivity index (χ4v) is 4.95. The van der Waals surface area contributed by atoms with Gasteiger partial charge >= 0.3 is 0 Å². The average Bonchev–Trinajstić information content (AvgIpc) is 3.54. The lowest BCUT2D eigenvalue weighted by Crippen LogP contribution is -2.31. The predicted molar refractivity (Wildman–Crippen MR) is 158 cm³/mol. The van der Waals surface area contributed by atoms with Gasteiger partial charge in [0.05, 0.1) is 34.4 Å². The lowest BCUT2D eigenvalue weighted by atomic mass is 10.1. The zero-order valence-electron chi connectivity index (χ0n) is 22.9. The van der Waals surface area contributed by atoms with Crippen LogP contribution in [0.5, 0.6) is 17.2 Å². The monoisotopic (exact) mass is 594 g/mol. The van der Waals surface area contributed by atoms with E-state index in [-0.39, 0.29) is 35.1 Å². The Hall–Kier alpha value is -4.59. The molecule has 3 aromatic carbocycles. The van der Waals surface area contributed by atoms with Gasteiger partial charge in [0, 0.05) is 34.1 Å². The van der Waals surface area contributed by atoms with Gasteiger partial charge in [0.15, 0.2) is 17.3 Å². The molecule has 0 bridgehead atoms. The van der Waals surface area contributed by atoms with Gasteiger partial charge in [-0.05, 0) is 74.9 Å². The minimum Gasteiger partial charge on any atom is -0.454 e. The molecule has 0 unspecified atom stereocenters. The number of halogens is 2. The molecule has 2 aromatic heterocycles. The number of H-pyrrole nitrogens is 1. The summed E-state index contributed by atoms with van der Waals surface area (Å²) in [6, 6.07) is 15.8. The van der Waals surface area contributed by atoms with E-state index in [0.717, 1.165) is 17.7 Å². The fourth-order valence-electron chi connectivity index (χ4n) is 4.18. The largest absolute Gasteiger partial charge is 0.454 e. The van der Waals surface area contributed by atoms with Gasteiger partial charge in [-0.25, -0.2) is 13.8 Å². The molecule has 0 spiro atoms. The number of anilines is 2. The number of aryl methyl sites for hydroxylation is 1. The number of hydrogen-bond donors (Lipinski definition) is 5. The van der Waals surface area contributed by atoms with E-state index in [1.807, 2.05) is 6.92 Å². The van der Waals surface area contributed by atoms with Crippen molar-refractivity contribution in [3.63, 3.8) is 0 Å². The van der Waals surface area contributed by atoms with Crippen molar-refractivity contribution in [2.45, 2.75) is 26.4 Å².